The number of benzene rings is 4. The topological polar surface area (TPSA) is 242 Å². The largest absolute Gasteiger partial charge is 0.487 e. The number of aromatic nitrogens is 3. The van der Waals surface area contributed by atoms with E-state index in [1.54, 1.807) is 69.8 Å². The van der Waals surface area contributed by atoms with Gasteiger partial charge in [0.15, 0.2) is 0 Å². The lowest BCUT2D eigenvalue weighted by molar-refractivity contribution is -0.143. The van der Waals surface area contributed by atoms with Crippen LogP contribution in [-0.4, -0.2) is 136 Å². The fourth-order valence-electron chi connectivity index (χ4n) is 9.51. The van der Waals surface area contributed by atoms with Crippen molar-refractivity contribution in [3.63, 3.8) is 0 Å². The highest BCUT2D eigenvalue weighted by Gasteiger charge is 2.45. The third kappa shape index (κ3) is 14.9. The monoisotopic (exact) mass is 1080 g/mol. The van der Waals surface area contributed by atoms with E-state index in [1.165, 1.54) is 26.0 Å². The molecule has 1 fully saturated rings. The molecule has 4 aromatic carbocycles. The molecule has 1 saturated heterocycles. The number of terminal acetylenes is 1. The van der Waals surface area contributed by atoms with Crippen LogP contribution in [0.4, 0.5) is 9.59 Å². The Morgan fingerprint density at radius 3 is 2.04 bits per heavy atom. The number of hydrogen-bond donors (Lipinski definition) is 4. The molecule has 2 aliphatic rings. The Labute approximate surface area is 460 Å². The number of amides is 6. The van der Waals surface area contributed by atoms with E-state index < -0.39 is 89.6 Å². The first-order chi connectivity index (χ1) is 37.7. The van der Waals surface area contributed by atoms with Crippen LogP contribution in [0, 0.1) is 18.3 Å². The van der Waals surface area contributed by atoms with Crippen molar-refractivity contribution in [1.82, 2.24) is 46.1 Å². The molecule has 20 heteroatoms. The predicted octanol–water partition coefficient (Wildman–Crippen LogP) is 5.50. The number of nitrogens with zero attached hydrogens (tertiary/aromatic N) is 5. The van der Waals surface area contributed by atoms with Gasteiger partial charge < -0.3 is 45.1 Å². The van der Waals surface area contributed by atoms with Crippen molar-refractivity contribution in [1.29, 1.82) is 0 Å². The number of rotatable bonds is 21. The molecule has 0 bridgehead atoms. The number of hydrogen-bond acceptors (Lipinski definition) is 13. The summed E-state index contributed by atoms with van der Waals surface area (Å²) in [7, 11) is 2.67. The quantitative estimate of drug-likeness (QED) is 0.0404. The number of nitrogens with one attached hydrogen (secondary N) is 4. The van der Waals surface area contributed by atoms with Gasteiger partial charge in [-0.1, -0.05) is 116 Å². The molecule has 6 amide bonds. The van der Waals surface area contributed by atoms with Gasteiger partial charge in [0.1, 0.15) is 60.5 Å². The van der Waals surface area contributed by atoms with Crippen LogP contribution in [0.5, 0.6) is 5.75 Å². The van der Waals surface area contributed by atoms with E-state index in [0.29, 0.717) is 17.0 Å². The molecule has 1 aliphatic carbocycles. The summed E-state index contributed by atoms with van der Waals surface area (Å²) in [5.74, 6) is -0.726. The number of likely N-dealkylation sites (N-methyl/N-ethyl adjacent to an activating group) is 1. The van der Waals surface area contributed by atoms with Gasteiger partial charge in [0.25, 0.3) is 0 Å². The van der Waals surface area contributed by atoms with Crippen LogP contribution in [-0.2, 0) is 57.6 Å². The Morgan fingerprint density at radius 1 is 0.797 bits per heavy atom. The lowest BCUT2D eigenvalue weighted by Crippen LogP contribution is -2.59. The fraction of sp³-hybridized carbons (Fsp3) is 0.407. The lowest BCUT2D eigenvalue weighted by atomic mass is 9.98. The molecule has 416 valence electrons. The SMILES string of the molecule is C#CCNC(=O)[C@H](Cc1ccccc1)NC(=O)[C@@H]1C[C@H](n2cc(COc3ccc(C[C@H](NC(=O)OCC4c5ccccc5-c5ccccc54)C(=O)OC)cc3)nn2)CN1C(=O)[C@@H](NC(=O)[C@H](C)N(C)C(=O)OC(C)(C)C)C(C)C. The normalized spacial score (nSPS) is 16.2. The van der Waals surface area contributed by atoms with Crippen molar-refractivity contribution in [3.05, 3.63) is 137 Å². The van der Waals surface area contributed by atoms with Gasteiger partial charge >= 0.3 is 18.2 Å². The molecule has 20 nitrogen and oxygen atoms in total. The highest BCUT2D eigenvalue weighted by atomic mass is 16.6. The molecule has 5 aromatic rings. The first-order valence-electron chi connectivity index (χ1n) is 26.2. The predicted molar refractivity (Wildman–Crippen MR) is 292 cm³/mol. The summed E-state index contributed by atoms with van der Waals surface area (Å²) in [4.78, 5) is 98.0. The average molecular weight is 1080 g/mol. The molecule has 0 radical (unpaired) electrons. The molecule has 7 rings (SSSR count). The summed E-state index contributed by atoms with van der Waals surface area (Å²) < 4.78 is 23.8. The van der Waals surface area contributed by atoms with E-state index >= 15 is 0 Å². The van der Waals surface area contributed by atoms with Crippen molar-refractivity contribution in [2.75, 3.05) is 33.9 Å². The molecule has 1 aliphatic heterocycles. The number of methoxy groups -OCH3 is 1. The molecule has 79 heavy (non-hydrogen) atoms. The smallest absolute Gasteiger partial charge is 0.410 e. The summed E-state index contributed by atoms with van der Waals surface area (Å²) in [6.45, 7) is 10.1. The average Bonchev–Trinajstić information content (AvgIpc) is 4.26. The number of carbonyl (C=O) groups excluding carboxylic acids is 7. The maximum Gasteiger partial charge on any atom is 0.410 e. The Bertz CT molecular complexity index is 2980. The Kier molecular flexibility index (Phi) is 19.1. The molecular formula is C59H69N9O11. The lowest BCUT2D eigenvalue weighted by Gasteiger charge is -2.33. The second-order valence-electron chi connectivity index (χ2n) is 20.9. The number of carbonyl (C=O) groups is 7. The number of ether oxygens (including phenoxy) is 4. The molecular weight excluding hydrogens is 1010 g/mol. The van der Waals surface area contributed by atoms with Crippen molar-refractivity contribution in [2.45, 2.75) is 115 Å². The van der Waals surface area contributed by atoms with Gasteiger partial charge in [0.05, 0.1) is 25.9 Å². The summed E-state index contributed by atoms with van der Waals surface area (Å²) in [5, 5.41) is 19.7. The first-order valence-corrected chi connectivity index (χ1v) is 26.2. The number of likely N-dealkylation sites (tertiary alicyclic amines) is 1. The minimum Gasteiger partial charge on any atom is -0.487 e. The van der Waals surface area contributed by atoms with Gasteiger partial charge in [-0.05, 0) is 79.1 Å². The van der Waals surface area contributed by atoms with Crippen molar-refractivity contribution in [2.24, 2.45) is 5.92 Å². The molecule has 0 saturated carbocycles. The van der Waals surface area contributed by atoms with E-state index in [9.17, 15) is 33.6 Å². The van der Waals surface area contributed by atoms with E-state index in [0.717, 1.165) is 32.7 Å². The number of esters is 1. The van der Waals surface area contributed by atoms with E-state index in [4.69, 9.17) is 25.4 Å². The maximum atomic E-state index is 14.8. The highest BCUT2D eigenvalue weighted by molar-refractivity contribution is 5.96. The standard InChI is InChI=1S/C59H69N9O11/c1-10-28-60-53(70)48(29-38-18-12-11-13-19-38)61-54(71)50-31-41(33-67(50)55(72)51(36(2)3)63-52(69)37(4)66(8)58(75)79-59(5,6)7)68-32-40(64-65-68)34-77-42-26-24-39(25-27-42)30-49(56(73)76-9)62-57(74)78-35-47-45-22-16-14-20-43(45)44-21-15-17-23-46(44)47/h1,11-27,32,36-37,41,47-51H,28-31,33-35H2,2-9H3,(H,60,70)(H,61,71)(H,62,74)(H,63,69)/t37-,41-,48-,49-,50-,51-/m0/s1. The minimum absolute atomic E-state index is 0.0158. The van der Waals surface area contributed by atoms with Crippen LogP contribution in [0.15, 0.2) is 109 Å². The molecule has 6 atom stereocenters. The van der Waals surface area contributed by atoms with Crippen molar-refractivity contribution in [3.8, 4) is 29.2 Å². The molecule has 0 spiro atoms. The van der Waals surface area contributed by atoms with Crippen molar-refractivity contribution < 1.29 is 52.5 Å². The van der Waals surface area contributed by atoms with Crippen LogP contribution in [0.3, 0.4) is 0 Å². The zero-order valence-electron chi connectivity index (χ0n) is 45.8. The van der Waals surface area contributed by atoms with E-state index in [1.807, 2.05) is 78.9 Å². The van der Waals surface area contributed by atoms with Crippen LogP contribution < -0.4 is 26.0 Å². The highest BCUT2D eigenvalue weighted by Crippen LogP contribution is 2.44. The fourth-order valence-corrected chi connectivity index (χ4v) is 9.51. The third-order valence-electron chi connectivity index (χ3n) is 13.8. The van der Waals surface area contributed by atoms with Crippen molar-refractivity contribution >= 4 is 41.8 Å². The van der Waals surface area contributed by atoms with Crippen LogP contribution >= 0.6 is 0 Å². The number of alkyl carbamates (subject to hydrolysis) is 1. The maximum absolute atomic E-state index is 14.8. The zero-order chi connectivity index (χ0) is 57.0. The molecule has 2 heterocycles. The second-order valence-corrected chi connectivity index (χ2v) is 20.9. The van der Waals surface area contributed by atoms with Crippen LogP contribution in [0.1, 0.15) is 87.9 Å². The molecule has 0 unspecified atom stereocenters. The van der Waals surface area contributed by atoms with Gasteiger partial charge in [-0.3, -0.25) is 24.1 Å². The minimum atomic E-state index is -1.13. The zero-order valence-corrected chi connectivity index (χ0v) is 45.8. The molecule has 4 N–H and O–H groups in total. The third-order valence-corrected chi connectivity index (χ3v) is 13.8. The second kappa shape index (κ2) is 26.1. The number of fused-ring (bicyclic) bond motifs is 3. The molecule has 1 aromatic heterocycles. The Hall–Kier alpha value is -8.73. The first kappa shape index (κ1) is 58.0. The van der Waals surface area contributed by atoms with Crippen LogP contribution in [0.25, 0.3) is 11.1 Å². The Morgan fingerprint density at radius 2 is 1.42 bits per heavy atom. The van der Waals surface area contributed by atoms with E-state index in [-0.39, 0.29) is 51.5 Å². The van der Waals surface area contributed by atoms with Gasteiger partial charge in [0, 0.05) is 38.8 Å². The summed E-state index contributed by atoms with van der Waals surface area (Å²) in [5.41, 5.74) is 5.40. The van der Waals surface area contributed by atoms with Gasteiger partial charge in [-0.2, -0.15) is 0 Å². The van der Waals surface area contributed by atoms with Gasteiger partial charge in [-0.25, -0.2) is 19.1 Å². The summed E-state index contributed by atoms with van der Waals surface area (Å²) in [6.07, 6.45) is 5.91. The Balaban J connectivity index is 1.01. The summed E-state index contributed by atoms with van der Waals surface area (Å²) in [6, 6.07) is 26.1. The van der Waals surface area contributed by atoms with E-state index in [2.05, 4.69) is 37.5 Å². The van der Waals surface area contributed by atoms with Gasteiger partial charge in [0.2, 0.25) is 23.6 Å². The summed E-state index contributed by atoms with van der Waals surface area (Å²) >= 11 is 0. The van der Waals surface area contributed by atoms with Crippen LogP contribution in [0.2, 0.25) is 0 Å². The van der Waals surface area contributed by atoms with Gasteiger partial charge in [-0.15, -0.1) is 11.5 Å².